The molecular formula is C17H15ClN2S. The number of hydrogen-bond donors (Lipinski definition) is 1. The Labute approximate surface area is 133 Å². The van der Waals surface area contributed by atoms with Crippen molar-refractivity contribution in [2.24, 2.45) is 0 Å². The Morgan fingerprint density at radius 2 is 1.90 bits per heavy atom. The molecule has 0 saturated heterocycles. The lowest BCUT2D eigenvalue weighted by molar-refractivity contribution is 1.17. The average molecular weight is 315 g/mol. The van der Waals surface area contributed by atoms with E-state index < -0.39 is 0 Å². The molecule has 0 aliphatic heterocycles. The Balaban J connectivity index is 1.69. The molecule has 2 nitrogen and oxygen atoms in total. The molecule has 3 aromatic rings. The minimum atomic E-state index is 0.585. The Morgan fingerprint density at radius 3 is 2.57 bits per heavy atom. The number of nitrogens with one attached hydrogen (secondary N) is 1. The zero-order chi connectivity index (χ0) is 14.7. The number of hydrogen-bond acceptors (Lipinski definition) is 3. The molecule has 0 saturated carbocycles. The van der Waals surface area contributed by atoms with E-state index >= 15 is 0 Å². The second-order valence-corrected chi connectivity index (χ2v) is 6.58. The summed E-state index contributed by atoms with van der Waals surface area (Å²) in [5.41, 5.74) is 4.84. The molecular weight excluding hydrogens is 300 g/mol. The van der Waals surface area contributed by atoms with Crippen LogP contribution in [-0.2, 0) is 6.54 Å². The van der Waals surface area contributed by atoms with Crippen molar-refractivity contribution in [1.82, 2.24) is 4.98 Å². The number of aromatic nitrogens is 1. The predicted molar refractivity (Wildman–Crippen MR) is 91.1 cm³/mol. The highest BCUT2D eigenvalue weighted by Gasteiger charge is 2.01. The normalized spacial score (nSPS) is 10.6. The van der Waals surface area contributed by atoms with Crippen LogP contribution >= 0.6 is 22.9 Å². The fourth-order valence-corrected chi connectivity index (χ4v) is 3.08. The van der Waals surface area contributed by atoms with Crippen LogP contribution in [0.3, 0.4) is 0 Å². The molecule has 0 bridgehead atoms. The van der Waals surface area contributed by atoms with Gasteiger partial charge in [0.25, 0.3) is 0 Å². The van der Waals surface area contributed by atoms with Gasteiger partial charge in [-0.15, -0.1) is 11.3 Å². The highest BCUT2D eigenvalue weighted by Crippen LogP contribution is 2.23. The largest absolute Gasteiger partial charge is 0.380 e. The Morgan fingerprint density at radius 1 is 1.10 bits per heavy atom. The topological polar surface area (TPSA) is 24.9 Å². The molecule has 0 aliphatic rings. The zero-order valence-corrected chi connectivity index (χ0v) is 13.2. The van der Waals surface area contributed by atoms with Crippen LogP contribution in [0.5, 0.6) is 0 Å². The van der Waals surface area contributed by atoms with E-state index in [0.29, 0.717) is 4.47 Å². The van der Waals surface area contributed by atoms with Crippen molar-refractivity contribution in [3.63, 3.8) is 0 Å². The molecule has 0 aliphatic carbocycles. The minimum Gasteiger partial charge on any atom is -0.380 e. The number of nitrogens with zero attached hydrogens (tertiary/aromatic N) is 1. The highest BCUT2D eigenvalue weighted by atomic mass is 35.5. The number of benzene rings is 2. The van der Waals surface area contributed by atoms with Gasteiger partial charge in [-0.1, -0.05) is 53.6 Å². The number of rotatable bonds is 4. The van der Waals surface area contributed by atoms with E-state index in [1.807, 2.05) is 0 Å². The first kappa shape index (κ1) is 14.1. The lowest BCUT2D eigenvalue weighted by atomic mass is 10.0. The third kappa shape index (κ3) is 3.63. The standard InChI is InChI=1S/C17H15ClN2S/c1-12-3-2-4-14(9-12)13-5-7-15(8-6-13)19-10-16-11-20-17(18)21-16/h2-9,11,19H,10H2,1H3. The molecule has 1 aromatic heterocycles. The van der Waals surface area contributed by atoms with Crippen molar-refractivity contribution in [3.05, 3.63) is 69.6 Å². The van der Waals surface area contributed by atoms with Gasteiger partial charge in [0, 0.05) is 16.8 Å². The van der Waals surface area contributed by atoms with Gasteiger partial charge in [0.15, 0.2) is 4.47 Å². The van der Waals surface area contributed by atoms with Gasteiger partial charge >= 0.3 is 0 Å². The van der Waals surface area contributed by atoms with Crippen LogP contribution in [0.4, 0.5) is 5.69 Å². The summed E-state index contributed by atoms with van der Waals surface area (Å²) in [6.07, 6.45) is 1.81. The summed E-state index contributed by atoms with van der Waals surface area (Å²) in [4.78, 5) is 5.16. The van der Waals surface area contributed by atoms with Gasteiger partial charge in [0.05, 0.1) is 6.54 Å². The van der Waals surface area contributed by atoms with Gasteiger partial charge in [-0.3, -0.25) is 0 Å². The summed E-state index contributed by atoms with van der Waals surface area (Å²) in [6.45, 7) is 2.85. The maximum Gasteiger partial charge on any atom is 0.183 e. The van der Waals surface area contributed by atoms with Crippen molar-refractivity contribution < 1.29 is 0 Å². The zero-order valence-electron chi connectivity index (χ0n) is 11.6. The summed E-state index contributed by atoms with van der Waals surface area (Å²) in [5, 5.41) is 3.38. The van der Waals surface area contributed by atoms with Crippen molar-refractivity contribution in [2.45, 2.75) is 13.5 Å². The molecule has 4 heteroatoms. The molecule has 3 rings (SSSR count). The highest BCUT2D eigenvalue weighted by molar-refractivity contribution is 7.15. The maximum atomic E-state index is 5.82. The van der Waals surface area contributed by atoms with Crippen LogP contribution < -0.4 is 5.32 Å². The molecule has 0 fully saturated rings. The van der Waals surface area contributed by atoms with E-state index in [1.54, 1.807) is 6.20 Å². The lowest BCUT2D eigenvalue weighted by Crippen LogP contribution is -1.96. The molecule has 0 spiro atoms. The smallest absolute Gasteiger partial charge is 0.183 e. The van der Waals surface area contributed by atoms with E-state index in [4.69, 9.17) is 11.6 Å². The molecule has 1 heterocycles. The Kier molecular flexibility index (Phi) is 4.23. The van der Waals surface area contributed by atoms with E-state index in [9.17, 15) is 0 Å². The molecule has 2 aromatic carbocycles. The molecule has 0 radical (unpaired) electrons. The van der Waals surface area contributed by atoms with Crippen LogP contribution in [0.25, 0.3) is 11.1 Å². The molecule has 0 atom stereocenters. The number of thiazole rings is 1. The molecule has 0 amide bonds. The van der Waals surface area contributed by atoms with E-state index in [2.05, 4.69) is 65.8 Å². The van der Waals surface area contributed by atoms with E-state index in [0.717, 1.165) is 17.1 Å². The van der Waals surface area contributed by atoms with Gasteiger partial charge in [-0.05, 0) is 30.2 Å². The van der Waals surface area contributed by atoms with Gasteiger partial charge in [0.2, 0.25) is 0 Å². The van der Waals surface area contributed by atoms with Crippen molar-refractivity contribution >= 4 is 28.6 Å². The SMILES string of the molecule is Cc1cccc(-c2ccc(NCc3cnc(Cl)s3)cc2)c1. The molecule has 21 heavy (non-hydrogen) atoms. The summed E-state index contributed by atoms with van der Waals surface area (Å²) < 4.78 is 0.585. The first-order valence-corrected chi connectivity index (χ1v) is 7.91. The average Bonchev–Trinajstić information content (AvgIpc) is 2.91. The van der Waals surface area contributed by atoms with Gasteiger partial charge in [-0.25, -0.2) is 4.98 Å². The monoisotopic (exact) mass is 314 g/mol. The summed E-state index contributed by atoms with van der Waals surface area (Å²) in [5.74, 6) is 0. The first-order chi connectivity index (χ1) is 10.2. The van der Waals surface area contributed by atoms with Gasteiger partial charge in [-0.2, -0.15) is 0 Å². The van der Waals surface area contributed by atoms with Crippen LogP contribution in [0.1, 0.15) is 10.4 Å². The summed E-state index contributed by atoms with van der Waals surface area (Å²) >= 11 is 7.32. The van der Waals surface area contributed by atoms with Gasteiger partial charge in [0.1, 0.15) is 0 Å². The molecule has 106 valence electrons. The summed E-state index contributed by atoms with van der Waals surface area (Å²) in [7, 11) is 0. The maximum absolute atomic E-state index is 5.82. The third-order valence-corrected chi connectivity index (χ3v) is 4.34. The number of halogens is 1. The summed E-state index contributed by atoms with van der Waals surface area (Å²) in [6, 6.07) is 17.0. The fourth-order valence-electron chi connectivity index (χ4n) is 2.16. The third-order valence-electron chi connectivity index (χ3n) is 3.23. The minimum absolute atomic E-state index is 0.585. The number of anilines is 1. The second kappa shape index (κ2) is 6.29. The molecule has 0 unspecified atom stereocenters. The van der Waals surface area contributed by atoms with Crippen LogP contribution in [0, 0.1) is 6.92 Å². The molecule has 1 N–H and O–H groups in total. The van der Waals surface area contributed by atoms with Crippen LogP contribution in [0.15, 0.2) is 54.7 Å². The second-order valence-electron chi connectivity index (χ2n) is 4.88. The van der Waals surface area contributed by atoms with Crippen molar-refractivity contribution in [2.75, 3.05) is 5.32 Å². The van der Waals surface area contributed by atoms with Crippen LogP contribution in [-0.4, -0.2) is 4.98 Å². The van der Waals surface area contributed by atoms with E-state index in [1.165, 1.54) is 28.0 Å². The van der Waals surface area contributed by atoms with Crippen molar-refractivity contribution in [3.8, 4) is 11.1 Å². The van der Waals surface area contributed by atoms with Crippen molar-refractivity contribution in [1.29, 1.82) is 0 Å². The van der Waals surface area contributed by atoms with Crippen LogP contribution in [0.2, 0.25) is 4.47 Å². The first-order valence-electron chi connectivity index (χ1n) is 6.72. The Bertz CT molecular complexity index is 735. The van der Waals surface area contributed by atoms with E-state index in [-0.39, 0.29) is 0 Å². The lowest BCUT2D eigenvalue weighted by Gasteiger charge is -2.07. The fraction of sp³-hybridized carbons (Fsp3) is 0.118. The quantitative estimate of drug-likeness (QED) is 0.699. The Hall–Kier alpha value is -1.84. The van der Waals surface area contributed by atoms with Gasteiger partial charge < -0.3 is 5.32 Å². The number of aryl methyl sites for hydroxylation is 1. The predicted octanol–water partition coefficient (Wildman–Crippen LogP) is 5.38.